The van der Waals surface area contributed by atoms with Gasteiger partial charge in [-0.25, -0.2) is 0 Å². The number of carbonyl (C=O) groups is 2. The Bertz CT molecular complexity index is 540. The van der Waals surface area contributed by atoms with Crippen molar-refractivity contribution in [1.82, 2.24) is 0 Å². The van der Waals surface area contributed by atoms with E-state index in [4.69, 9.17) is 4.74 Å². The molecule has 0 saturated heterocycles. The molecule has 0 radical (unpaired) electrons. The van der Waals surface area contributed by atoms with E-state index in [0.29, 0.717) is 36.4 Å². The lowest BCUT2D eigenvalue weighted by atomic mass is 9.46. The normalized spacial score (nSPS) is 46.1. The number of methoxy groups -OCH3 is 1. The fraction of sp³-hybridized carbons (Fsp3) is 0.905. The zero-order valence-electron chi connectivity index (χ0n) is 16.3. The number of rotatable bonds is 2. The Morgan fingerprint density at radius 2 is 1.96 bits per heavy atom. The number of carbonyl (C=O) groups excluding carboxylic acids is 2. The van der Waals surface area contributed by atoms with Gasteiger partial charge in [0.2, 0.25) is 0 Å². The molecule has 3 fully saturated rings. The van der Waals surface area contributed by atoms with Crippen LogP contribution in [-0.2, 0) is 14.3 Å². The van der Waals surface area contributed by atoms with Crippen LogP contribution in [0.1, 0.15) is 59.8 Å². The zero-order chi connectivity index (χ0) is 18.5. The SMILES string of the molecule is COC(=O)CC1C[C@@H](C)C2C3CCC(O)C(C)(C)C3CC(=O)C2C1C. The van der Waals surface area contributed by atoms with Gasteiger partial charge in [-0.1, -0.05) is 27.7 Å². The van der Waals surface area contributed by atoms with Crippen molar-refractivity contribution in [3.05, 3.63) is 0 Å². The molecule has 3 aliphatic carbocycles. The largest absolute Gasteiger partial charge is 0.469 e. The standard InChI is InChI=1S/C21H34O4/c1-11-8-13(9-18(24)25-5)12(2)20-16(22)10-15-14(19(11)20)6-7-17(23)21(15,3)4/h11-15,17,19-20,23H,6-10H2,1-5H3/t11-,12?,13?,14?,15?,17?,19?,20?/m1/s1. The van der Waals surface area contributed by atoms with Crippen molar-refractivity contribution in [3.63, 3.8) is 0 Å². The van der Waals surface area contributed by atoms with E-state index < -0.39 is 0 Å². The van der Waals surface area contributed by atoms with Crippen LogP contribution < -0.4 is 0 Å². The van der Waals surface area contributed by atoms with Crippen LogP contribution in [-0.4, -0.2) is 30.1 Å². The molecule has 0 bridgehead atoms. The third-order valence-corrected chi connectivity index (χ3v) is 8.10. The summed E-state index contributed by atoms with van der Waals surface area (Å²) in [5.74, 6) is 2.42. The van der Waals surface area contributed by atoms with Gasteiger partial charge in [-0.3, -0.25) is 9.59 Å². The van der Waals surface area contributed by atoms with Crippen molar-refractivity contribution in [2.24, 2.45) is 46.8 Å². The minimum atomic E-state index is -0.304. The highest BCUT2D eigenvalue weighted by molar-refractivity contribution is 5.83. The number of aliphatic hydroxyl groups excluding tert-OH is 1. The number of hydrogen-bond acceptors (Lipinski definition) is 4. The first-order valence-corrected chi connectivity index (χ1v) is 9.96. The Morgan fingerprint density at radius 1 is 1.28 bits per heavy atom. The summed E-state index contributed by atoms with van der Waals surface area (Å²) in [6.45, 7) is 8.71. The van der Waals surface area contributed by atoms with Crippen LogP contribution in [0.15, 0.2) is 0 Å². The Kier molecular flexibility index (Phi) is 5.04. The molecule has 0 spiro atoms. The lowest BCUT2D eigenvalue weighted by Crippen LogP contribution is -2.57. The number of hydrogen-bond donors (Lipinski definition) is 1. The van der Waals surface area contributed by atoms with Crippen LogP contribution in [0.4, 0.5) is 0 Å². The monoisotopic (exact) mass is 350 g/mol. The van der Waals surface area contributed by atoms with Crippen molar-refractivity contribution in [2.45, 2.75) is 65.9 Å². The highest BCUT2D eigenvalue weighted by Crippen LogP contribution is 2.59. The average molecular weight is 350 g/mol. The van der Waals surface area contributed by atoms with E-state index in [1.54, 1.807) is 0 Å². The quantitative estimate of drug-likeness (QED) is 0.775. The van der Waals surface area contributed by atoms with Crippen LogP contribution in [0.25, 0.3) is 0 Å². The fourth-order valence-corrected chi connectivity index (χ4v) is 6.56. The van der Waals surface area contributed by atoms with Gasteiger partial charge in [-0.05, 0) is 60.2 Å². The highest BCUT2D eigenvalue weighted by Gasteiger charge is 2.57. The Hall–Kier alpha value is -0.900. The van der Waals surface area contributed by atoms with E-state index in [1.165, 1.54) is 7.11 Å². The third-order valence-electron chi connectivity index (χ3n) is 8.10. The summed E-state index contributed by atoms with van der Waals surface area (Å²) in [6.07, 6.45) is 3.59. The van der Waals surface area contributed by atoms with E-state index in [9.17, 15) is 14.7 Å². The number of aliphatic hydroxyl groups is 1. The molecular formula is C21H34O4. The molecule has 7 unspecified atom stereocenters. The molecular weight excluding hydrogens is 316 g/mol. The van der Waals surface area contributed by atoms with E-state index >= 15 is 0 Å². The second kappa shape index (κ2) is 6.68. The van der Waals surface area contributed by atoms with E-state index in [2.05, 4.69) is 27.7 Å². The Balaban J connectivity index is 1.87. The predicted octanol–water partition coefficient (Wildman–Crippen LogP) is 3.46. The van der Waals surface area contributed by atoms with Gasteiger partial charge < -0.3 is 9.84 Å². The van der Waals surface area contributed by atoms with Gasteiger partial charge in [0, 0.05) is 18.8 Å². The van der Waals surface area contributed by atoms with E-state index in [1.807, 2.05) is 0 Å². The molecule has 0 aromatic heterocycles. The topological polar surface area (TPSA) is 63.6 Å². The minimum Gasteiger partial charge on any atom is -0.469 e. The average Bonchev–Trinajstić information content (AvgIpc) is 2.55. The predicted molar refractivity (Wildman–Crippen MR) is 95.7 cm³/mol. The van der Waals surface area contributed by atoms with Crippen molar-refractivity contribution in [3.8, 4) is 0 Å². The molecule has 25 heavy (non-hydrogen) atoms. The molecule has 0 aromatic carbocycles. The maximum atomic E-state index is 13.1. The summed E-state index contributed by atoms with van der Waals surface area (Å²) < 4.78 is 4.87. The van der Waals surface area contributed by atoms with Crippen molar-refractivity contribution >= 4 is 11.8 Å². The molecule has 3 rings (SSSR count). The first kappa shape index (κ1) is 18.9. The van der Waals surface area contributed by atoms with Gasteiger partial charge in [0.1, 0.15) is 5.78 Å². The molecule has 4 nitrogen and oxygen atoms in total. The molecule has 0 amide bonds. The second-order valence-electron chi connectivity index (χ2n) is 9.57. The van der Waals surface area contributed by atoms with Crippen LogP contribution in [0.3, 0.4) is 0 Å². The number of ketones is 1. The Labute approximate surface area is 151 Å². The Morgan fingerprint density at radius 3 is 2.60 bits per heavy atom. The number of fused-ring (bicyclic) bond motifs is 3. The van der Waals surface area contributed by atoms with Crippen LogP contribution in [0.5, 0.6) is 0 Å². The smallest absolute Gasteiger partial charge is 0.305 e. The third kappa shape index (κ3) is 3.05. The summed E-state index contributed by atoms with van der Waals surface area (Å²) >= 11 is 0. The number of ether oxygens (including phenoxy) is 1. The first-order valence-electron chi connectivity index (χ1n) is 9.96. The minimum absolute atomic E-state index is 0.0747. The van der Waals surface area contributed by atoms with Crippen molar-refractivity contribution < 1.29 is 19.4 Å². The zero-order valence-corrected chi connectivity index (χ0v) is 16.3. The van der Waals surface area contributed by atoms with E-state index in [-0.39, 0.29) is 41.2 Å². The molecule has 0 aliphatic heterocycles. The lowest BCUT2D eigenvalue weighted by molar-refractivity contribution is -0.163. The fourth-order valence-electron chi connectivity index (χ4n) is 6.56. The molecule has 3 aliphatic rings. The summed E-state index contributed by atoms with van der Waals surface area (Å²) in [5.41, 5.74) is -0.185. The molecule has 0 heterocycles. The van der Waals surface area contributed by atoms with Gasteiger partial charge >= 0.3 is 5.97 Å². The molecule has 1 N–H and O–H groups in total. The van der Waals surface area contributed by atoms with Crippen LogP contribution >= 0.6 is 0 Å². The van der Waals surface area contributed by atoms with E-state index in [0.717, 1.165) is 19.3 Å². The van der Waals surface area contributed by atoms with Gasteiger partial charge in [0.25, 0.3) is 0 Å². The first-order chi connectivity index (χ1) is 11.7. The maximum absolute atomic E-state index is 13.1. The van der Waals surface area contributed by atoms with Gasteiger partial charge in [-0.15, -0.1) is 0 Å². The highest BCUT2D eigenvalue weighted by atomic mass is 16.5. The van der Waals surface area contributed by atoms with Gasteiger partial charge in [0.05, 0.1) is 13.2 Å². The van der Waals surface area contributed by atoms with Crippen molar-refractivity contribution in [2.75, 3.05) is 7.11 Å². The molecule has 8 atom stereocenters. The lowest BCUT2D eigenvalue weighted by Gasteiger charge is -2.58. The molecule has 0 aromatic rings. The summed E-state index contributed by atoms with van der Waals surface area (Å²) in [6, 6.07) is 0. The van der Waals surface area contributed by atoms with Crippen LogP contribution in [0.2, 0.25) is 0 Å². The number of esters is 1. The number of Topliss-reactive ketones (excluding diaryl/α,β-unsaturated/α-hetero) is 1. The molecule has 4 heteroatoms. The summed E-state index contributed by atoms with van der Waals surface area (Å²) in [7, 11) is 1.44. The molecule has 3 saturated carbocycles. The molecule has 142 valence electrons. The van der Waals surface area contributed by atoms with Crippen molar-refractivity contribution in [1.29, 1.82) is 0 Å². The van der Waals surface area contributed by atoms with Crippen LogP contribution in [0, 0.1) is 46.8 Å². The van der Waals surface area contributed by atoms with Gasteiger partial charge in [0.15, 0.2) is 0 Å². The summed E-state index contributed by atoms with van der Waals surface area (Å²) in [5, 5.41) is 10.5. The summed E-state index contributed by atoms with van der Waals surface area (Å²) in [4.78, 5) is 24.9. The van der Waals surface area contributed by atoms with Gasteiger partial charge in [-0.2, -0.15) is 0 Å². The second-order valence-corrected chi connectivity index (χ2v) is 9.57. The maximum Gasteiger partial charge on any atom is 0.305 e.